The second-order valence-electron chi connectivity index (χ2n) is 2.13. The van der Waals surface area contributed by atoms with Gasteiger partial charge in [-0.25, -0.2) is 0 Å². The Labute approximate surface area is 88.7 Å². The SMILES string of the molecule is CCCCCC(=O)O.OO.[O]=[Ti]([OH])[OH]. The van der Waals surface area contributed by atoms with Gasteiger partial charge in [0.2, 0.25) is 0 Å². The summed E-state index contributed by atoms with van der Waals surface area (Å²) in [6, 6.07) is 0. The Balaban J connectivity index is -0.000000170. The molecule has 0 amide bonds. The topological polar surface area (TPSA) is 135 Å². The molecule has 0 saturated carbocycles. The van der Waals surface area contributed by atoms with Crippen LogP contribution in [-0.2, 0) is 26.7 Å². The van der Waals surface area contributed by atoms with Crippen LogP contribution in [0.15, 0.2) is 0 Å². The van der Waals surface area contributed by atoms with Crippen molar-refractivity contribution in [2.45, 2.75) is 32.6 Å². The Morgan fingerprint density at radius 1 is 1.21 bits per heavy atom. The summed E-state index contributed by atoms with van der Waals surface area (Å²) in [5, 5.41) is 20.1. The number of carboxylic acid groups (broad SMARTS) is 1. The minimum atomic E-state index is -3.58. The molecule has 5 N–H and O–H groups in total. The van der Waals surface area contributed by atoms with Crippen molar-refractivity contribution in [2.24, 2.45) is 0 Å². The van der Waals surface area contributed by atoms with Gasteiger partial charge in [-0.15, -0.1) is 0 Å². The van der Waals surface area contributed by atoms with Crippen molar-refractivity contribution in [3.8, 4) is 0 Å². The van der Waals surface area contributed by atoms with Crippen molar-refractivity contribution >= 4 is 5.97 Å². The maximum atomic E-state index is 9.87. The van der Waals surface area contributed by atoms with E-state index in [0.29, 0.717) is 6.42 Å². The van der Waals surface area contributed by atoms with Crippen LogP contribution in [0.2, 0.25) is 0 Å². The molecular formula is C6H16O7Ti. The van der Waals surface area contributed by atoms with E-state index in [1.165, 1.54) is 0 Å². The zero-order valence-corrected chi connectivity index (χ0v) is 9.44. The molecule has 0 fully saturated rings. The molecule has 0 aliphatic heterocycles. The molecule has 0 aromatic heterocycles. The summed E-state index contributed by atoms with van der Waals surface area (Å²) >= 11 is -3.58. The van der Waals surface area contributed by atoms with Gasteiger partial charge in [0.15, 0.2) is 0 Å². The molecule has 14 heavy (non-hydrogen) atoms. The maximum absolute atomic E-state index is 9.87. The third-order valence-electron chi connectivity index (χ3n) is 0.994. The van der Waals surface area contributed by atoms with E-state index in [0.717, 1.165) is 19.3 Å². The van der Waals surface area contributed by atoms with Gasteiger partial charge in [-0.2, -0.15) is 0 Å². The number of hydrogen-bond donors (Lipinski definition) is 5. The molecule has 0 unspecified atom stereocenters. The fraction of sp³-hybridized carbons (Fsp3) is 0.833. The average molecular weight is 248 g/mol. The van der Waals surface area contributed by atoms with E-state index in [2.05, 4.69) is 6.92 Å². The van der Waals surface area contributed by atoms with Gasteiger partial charge in [0, 0.05) is 6.42 Å². The zero-order chi connectivity index (χ0) is 12.0. The fourth-order valence-corrected chi connectivity index (χ4v) is 0.526. The third-order valence-corrected chi connectivity index (χ3v) is 0.994. The van der Waals surface area contributed by atoms with Crippen LogP contribution in [0.3, 0.4) is 0 Å². The Morgan fingerprint density at radius 2 is 1.57 bits per heavy atom. The molecule has 0 aromatic carbocycles. The van der Waals surface area contributed by atoms with Gasteiger partial charge in [-0.05, 0) is 6.42 Å². The van der Waals surface area contributed by atoms with Crippen LogP contribution >= 0.6 is 0 Å². The van der Waals surface area contributed by atoms with Gasteiger partial charge in [0.25, 0.3) is 0 Å². The zero-order valence-electron chi connectivity index (χ0n) is 7.88. The Hall–Kier alpha value is -0.176. The molecule has 7 nitrogen and oxygen atoms in total. The van der Waals surface area contributed by atoms with Crippen LogP contribution in [0.25, 0.3) is 0 Å². The quantitative estimate of drug-likeness (QED) is 0.210. The molecule has 0 aromatic rings. The van der Waals surface area contributed by atoms with Crippen LogP contribution in [0, 0.1) is 0 Å². The van der Waals surface area contributed by atoms with E-state index in [1.807, 2.05) is 0 Å². The van der Waals surface area contributed by atoms with Gasteiger partial charge in [-0.3, -0.25) is 15.3 Å². The van der Waals surface area contributed by atoms with E-state index in [1.54, 1.807) is 0 Å². The summed E-state index contributed by atoms with van der Waals surface area (Å²) < 4.78 is 23.2. The van der Waals surface area contributed by atoms with Gasteiger partial charge in [0.05, 0.1) is 0 Å². The van der Waals surface area contributed by atoms with E-state index in [-0.39, 0.29) is 0 Å². The summed E-state index contributed by atoms with van der Waals surface area (Å²) in [6.45, 7) is 2.06. The molecule has 0 saturated heterocycles. The molecule has 0 spiro atoms. The first kappa shape index (κ1) is 19.4. The summed E-state index contributed by atoms with van der Waals surface area (Å²) in [4.78, 5) is 9.87. The van der Waals surface area contributed by atoms with Gasteiger partial charge < -0.3 is 5.11 Å². The number of carbonyl (C=O) groups is 1. The molecule has 0 heterocycles. The van der Waals surface area contributed by atoms with Crippen LogP contribution in [0.5, 0.6) is 0 Å². The van der Waals surface area contributed by atoms with E-state index >= 15 is 0 Å². The van der Waals surface area contributed by atoms with Crippen LogP contribution in [0.1, 0.15) is 32.6 Å². The molecule has 0 radical (unpaired) electrons. The number of aliphatic carboxylic acids is 1. The minimum absolute atomic E-state index is 0.327. The second kappa shape index (κ2) is 18.6. The van der Waals surface area contributed by atoms with Gasteiger partial charge >= 0.3 is 35.3 Å². The predicted molar refractivity (Wildman–Crippen MR) is 42.2 cm³/mol. The molecule has 0 aliphatic rings. The summed E-state index contributed by atoms with van der Waals surface area (Å²) in [6.07, 6.45) is 3.28. The first-order valence-electron chi connectivity index (χ1n) is 3.84. The van der Waals surface area contributed by atoms with E-state index in [9.17, 15) is 4.79 Å². The monoisotopic (exact) mass is 248 g/mol. The van der Waals surface area contributed by atoms with E-state index in [4.69, 9.17) is 26.3 Å². The van der Waals surface area contributed by atoms with Crippen molar-refractivity contribution in [1.29, 1.82) is 0 Å². The molecule has 0 atom stereocenters. The number of rotatable bonds is 4. The Bertz CT molecular complexity index is 134. The van der Waals surface area contributed by atoms with Crippen LogP contribution in [0.4, 0.5) is 0 Å². The summed E-state index contributed by atoms with van der Waals surface area (Å²) in [7, 11) is 0. The standard InChI is InChI=1S/C6H12O2.H2O2.2H2O.O.Ti/c1-2-3-4-5-6(7)8;1-2;;;;/h2-5H2,1H3,(H,7,8);1-2H;2*1H2;;/q;;;;;+2/p-2. The number of carboxylic acids is 1. The van der Waals surface area contributed by atoms with Crippen molar-refractivity contribution in [1.82, 2.24) is 0 Å². The first-order chi connectivity index (χ1) is 6.50. The van der Waals surface area contributed by atoms with E-state index < -0.39 is 24.6 Å². The van der Waals surface area contributed by atoms with Crippen LogP contribution in [-0.4, -0.2) is 29.0 Å². The molecule has 86 valence electrons. The van der Waals surface area contributed by atoms with Crippen LogP contribution < -0.4 is 0 Å². The Morgan fingerprint density at radius 3 is 1.79 bits per heavy atom. The molecular weight excluding hydrogens is 232 g/mol. The fourth-order valence-electron chi connectivity index (χ4n) is 0.526. The summed E-state index contributed by atoms with van der Waals surface area (Å²) in [5.41, 5.74) is 0. The molecule has 0 bridgehead atoms. The third kappa shape index (κ3) is 59.5. The molecule has 0 rings (SSSR count). The normalized spacial score (nSPS) is 7.50. The van der Waals surface area contributed by atoms with Crippen molar-refractivity contribution in [2.75, 3.05) is 0 Å². The predicted octanol–water partition coefficient (Wildman–Crippen LogP) is 0.433. The van der Waals surface area contributed by atoms with Gasteiger partial charge in [-0.1, -0.05) is 19.8 Å². The summed E-state index contributed by atoms with van der Waals surface area (Å²) in [5.74, 6) is -0.682. The van der Waals surface area contributed by atoms with Crippen molar-refractivity contribution < 1.29 is 49.7 Å². The number of hydrogen-bond acceptors (Lipinski definition) is 4. The van der Waals surface area contributed by atoms with Crippen molar-refractivity contribution in [3.63, 3.8) is 0 Å². The Kier molecular flexibility index (Phi) is 25.7. The average Bonchev–Trinajstić information content (AvgIpc) is 2.07. The first-order valence-corrected chi connectivity index (χ1v) is 5.87. The second-order valence-corrected chi connectivity index (χ2v) is 3.02. The van der Waals surface area contributed by atoms with Gasteiger partial charge in [0.1, 0.15) is 0 Å². The molecule has 8 heteroatoms. The van der Waals surface area contributed by atoms with Crippen molar-refractivity contribution in [3.05, 3.63) is 0 Å². The molecule has 0 aliphatic carbocycles. The number of unbranched alkanes of at least 4 members (excludes halogenated alkanes) is 2.